The predicted molar refractivity (Wildman–Crippen MR) is 159 cm³/mol. The van der Waals surface area contributed by atoms with Gasteiger partial charge < -0.3 is 34.8 Å². The van der Waals surface area contributed by atoms with Crippen LogP contribution in [0.3, 0.4) is 0 Å². The molecule has 2 aromatic carbocycles. The Balaban J connectivity index is 1.59. The Kier molecular flexibility index (Phi) is 9.22. The van der Waals surface area contributed by atoms with E-state index in [0.29, 0.717) is 30.1 Å². The SMILES string of the molecule is CC(C)NC(=O)N(C)C[C@@H]1Oc2ccc(NC(=O)Cc3cn(C)c4ccccc34)cc2C(=O)N([C@H](C)CO)C[C@H]1C. The highest BCUT2D eigenvalue weighted by Crippen LogP contribution is 2.31. The number of fused-ring (bicyclic) bond motifs is 2. The van der Waals surface area contributed by atoms with Crippen LogP contribution < -0.4 is 15.4 Å². The van der Waals surface area contributed by atoms with Crippen molar-refractivity contribution in [3.8, 4) is 5.75 Å². The van der Waals surface area contributed by atoms with E-state index in [1.165, 1.54) is 0 Å². The van der Waals surface area contributed by atoms with Gasteiger partial charge in [-0.25, -0.2) is 4.79 Å². The van der Waals surface area contributed by atoms with Crippen LogP contribution in [0.1, 0.15) is 43.6 Å². The normalized spacial score (nSPS) is 17.9. The molecule has 0 unspecified atom stereocenters. The van der Waals surface area contributed by atoms with Crippen molar-refractivity contribution in [2.45, 2.75) is 52.3 Å². The quantitative estimate of drug-likeness (QED) is 0.387. The van der Waals surface area contributed by atoms with Gasteiger partial charge in [-0.2, -0.15) is 0 Å². The third-order valence-corrected chi connectivity index (χ3v) is 7.49. The maximum absolute atomic E-state index is 13.7. The molecular weight excluding hydrogens is 522 g/mol. The van der Waals surface area contributed by atoms with Crippen LogP contribution >= 0.6 is 0 Å². The Morgan fingerprint density at radius 1 is 1.17 bits per heavy atom. The molecule has 0 fully saturated rings. The number of carbonyl (C=O) groups is 3. The number of carbonyl (C=O) groups excluding carboxylic acids is 3. The Bertz CT molecular complexity index is 1420. The number of aliphatic hydroxyl groups excluding tert-OH is 1. The highest BCUT2D eigenvalue weighted by atomic mass is 16.5. The number of para-hydroxylation sites is 1. The number of amides is 4. The summed E-state index contributed by atoms with van der Waals surface area (Å²) in [6, 6.07) is 12.3. The van der Waals surface area contributed by atoms with E-state index in [2.05, 4.69) is 10.6 Å². The average molecular weight is 564 g/mol. The summed E-state index contributed by atoms with van der Waals surface area (Å²) >= 11 is 0. The van der Waals surface area contributed by atoms with Crippen LogP contribution in [0, 0.1) is 5.92 Å². The number of aliphatic hydroxyl groups is 1. The van der Waals surface area contributed by atoms with Crippen molar-refractivity contribution in [2.24, 2.45) is 13.0 Å². The molecule has 0 saturated heterocycles. The zero-order valence-corrected chi connectivity index (χ0v) is 24.7. The molecule has 4 rings (SSSR count). The van der Waals surface area contributed by atoms with Gasteiger partial charge in [0.2, 0.25) is 5.91 Å². The van der Waals surface area contributed by atoms with E-state index in [0.717, 1.165) is 16.5 Å². The van der Waals surface area contributed by atoms with E-state index in [-0.39, 0.29) is 42.8 Å². The second-order valence-electron chi connectivity index (χ2n) is 11.3. The summed E-state index contributed by atoms with van der Waals surface area (Å²) in [6.07, 6.45) is 1.72. The van der Waals surface area contributed by atoms with Crippen molar-refractivity contribution in [3.63, 3.8) is 0 Å². The topological polar surface area (TPSA) is 116 Å². The summed E-state index contributed by atoms with van der Waals surface area (Å²) < 4.78 is 8.36. The molecule has 220 valence electrons. The average Bonchev–Trinajstić information content (AvgIpc) is 3.24. The van der Waals surface area contributed by atoms with Gasteiger partial charge >= 0.3 is 6.03 Å². The summed E-state index contributed by atoms with van der Waals surface area (Å²) in [5.41, 5.74) is 2.73. The second kappa shape index (κ2) is 12.6. The van der Waals surface area contributed by atoms with Crippen molar-refractivity contribution in [2.75, 3.05) is 32.1 Å². The molecule has 0 spiro atoms. The lowest BCUT2D eigenvalue weighted by molar-refractivity contribution is -0.115. The molecule has 3 atom stereocenters. The number of anilines is 1. The maximum atomic E-state index is 13.7. The molecule has 0 bridgehead atoms. The summed E-state index contributed by atoms with van der Waals surface area (Å²) in [6.45, 7) is 8.00. The van der Waals surface area contributed by atoms with Crippen LogP contribution in [-0.4, -0.2) is 82.3 Å². The molecule has 3 N–H and O–H groups in total. The van der Waals surface area contributed by atoms with E-state index in [1.54, 1.807) is 42.0 Å². The Morgan fingerprint density at radius 2 is 1.90 bits per heavy atom. The lowest BCUT2D eigenvalue weighted by Gasteiger charge is -2.38. The molecule has 0 radical (unpaired) electrons. The predicted octanol–water partition coefficient (Wildman–Crippen LogP) is 3.63. The number of aryl methyl sites for hydroxylation is 1. The molecule has 41 heavy (non-hydrogen) atoms. The number of aromatic nitrogens is 1. The van der Waals surface area contributed by atoms with Crippen LogP contribution in [0.5, 0.6) is 5.75 Å². The Morgan fingerprint density at radius 3 is 2.61 bits per heavy atom. The molecule has 4 amide bonds. The minimum absolute atomic E-state index is 0.00545. The van der Waals surface area contributed by atoms with E-state index < -0.39 is 12.1 Å². The first kappa shape index (κ1) is 29.9. The van der Waals surface area contributed by atoms with Gasteiger partial charge in [0.25, 0.3) is 5.91 Å². The minimum Gasteiger partial charge on any atom is -0.487 e. The maximum Gasteiger partial charge on any atom is 0.317 e. The number of benzene rings is 2. The monoisotopic (exact) mass is 563 g/mol. The fourth-order valence-electron chi connectivity index (χ4n) is 5.17. The molecule has 2 heterocycles. The van der Waals surface area contributed by atoms with Gasteiger partial charge in [0.15, 0.2) is 0 Å². The Hall–Kier alpha value is -4.05. The Labute approximate surface area is 241 Å². The summed E-state index contributed by atoms with van der Waals surface area (Å²) in [7, 11) is 3.66. The molecule has 1 aromatic heterocycles. The zero-order chi connectivity index (χ0) is 29.8. The second-order valence-corrected chi connectivity index (χ2v) is 11.3. The van der Waals surface area contributed by atoms with Crippen molar-refractivity contribution in [3.05, 3.63) is 59.8 Å². The van der Waals surface area contributed by atoms with Crippen LogP contribution in [0.25, 0.3) is 10.9 Å². The molecule has 1 aliphatic rings. The molecular formula is C31H41N5O5. The first-order valence-corrected chi connectivity index (χ1v) is 14.0. The van der Waals surface area contributed by atoms with Crippen molar-refractivity contribution in [1.29, 1.82) is 0 Å². The number of rotatable bonds is 8. The molecule has 0 aliphatic carbocycles. The minimum atomic E-state index is -0.428. The third-order valence-electron chi connectivity index (χ3n) is 7.49. The van der Waals surface area contributed by atoms with Gasteiger partial charge in [0, 0.05) is 55.4 Å². The number of hydrogen-bond acceptors (Lipinski definition) is 5. The van der Waals surface area contributed by atoms with Crippen LogP contribution in [0.4, 0.5) is 10.5 Å². The highest BCUT2D eigenvalue weighted by molar-refractivity contribution is 6.00. The number of nitrogens with zero attached hydrogens (tertiary/aromatic N) is 3. The van der Waals surface area contributed by atoms with E-state index >= 15 is 0 Å². The van der Waals surface area contributed by atoms with Crippen LogP contribution in [-0.2, 0) is 18.3 Å². The standard InChI is InChI=1S/C31H41N5O5/c1-19(2)32-31(40)35(6)17-28-20(3)15-36(21(4)18-37)30(39)25-14-23(11-12-27(25)41-28)33-29(38)13-22-16-34(5)26-10-8-7-9-24(22)26/h7-12,14,16,19-21,28,37H,13,15,17-18H2,1-6H3,(H,32,40)(H,33,38)/t20-,21-,28+/m1/s1. The number of likely N-dealkylation sites (N-methyl/N-ethyl adjacent to an activating group) is 1. The third kappa shape index (κ3) is 6.82. The van der Waals surface area contributed by atoms with Gasteiger partial charge in [0.1, 0.15) is 11.9 Å². The molecule has 10 nitrogen and oxygen atoms in total. The summed E-state index contributed by atoms with van der Waals surface area (Å²) in [5.74, 6) is -0.254. The first-order valence-electron chi connectivity index (χ1n) is 14.0. The summed E-state index contributed by atoms with van der Waals surface area (Å²) in [4.78, 5) is 42.6. The number of nitrogens with one attached hydrogen (secondary N) is 2. The van der Waals surface area contributed by atoms with Crippen LogP contribution in [0.2, 0.25) is 0 Å². The molecule has 10 heteroatoms. The van der Waals surface area contributed by atoms with E-state index in [1.807, 2.05) is 62.8 Å². The first-order chi connectivity index (χ1) is 19.5. The van der Waals surface area contributed by atoms with Gasteiger partial charge in [-0.3, -0.25) is 9.59 Å². The highest BCUT2D eigenvalue weighted by Gasteiger charge is 2.34. The van der Waals surface area contributed by atoms with E-state index in [4.69, 9.17) is 4.74 Å². The largest absolute Gasteiger partial charge is 0.487 e. The fraction of sp³-hybridized carbons (Fsp3) is 0.452. The number of urea groups is 1. The van der Waals surface area contributed by atoms with Gasteiger partial charge in [-0.1, -0.05) is 25.1 Å². The molecule has 0 saturated carbocycles. The summed E-state index contributed by atoms with van der Waals surface area (Å²) in [5, 5.41) is 16.7. The number of ether oxygens (including phenoxy) is 1. The molecule has 1 aliphatic heterocycles. The smallest absolute Gasteiger partial charge is 0.317 e. The van der Waals surface area contributed by atoms with Crippen molar-refractivity contribution in [1.82, 2.24) is 19.7 Å². The fourth-order valence-corrected chi connectivity index (χ4v) is 5.17. The van der Waals surface area contributed by atoms with Crippen LogP contribution in [0.15, 0.2) is 48.7 Å². The van der Waals surface area contributed by atoms with Gasteiger partial charge in [-0.15, -0.1) is 0 Å². The van der Waals surface area contributed by atoms with Gasteiger partial charge in [0.05, 0.1) is 31.2 Å². The lowest BCUT2D eigenvalue weighted by Crippen LogP contribution is -2.51. The molecule has 3 aromatic rings. The number of hydrogen-bond donors (Lipinski definition) is 3. The van der Waals surface area contributed by atoms with E-state index in [9.17, 15) is 19.5 Å². The van der Waals surface area contributed by atoms with Crippen molar-refractivity contribution < 1.29 is 24.2 Å². The van der Waals surface area contributed by atoms with Gasteiger partial charge in [-0.05, 0) is 50.6 Å². The van der Waals surface area contributed by atoms with Crippen molar-refractivity contribution >= 4 is 34.4 Å². The zero-order valence-electron chi connectivity index (χ0n) is 24.7. The lowest BCUT2D eigenvalue weighted by atomic mass is 9.99.